The number of rotatable bonds is 3. The Morgan fingerprint density at radius 3 is 2.94 bits per heavy atom. The van der Waals surface area contributed by atoms with E-state index in [-0.39, 0.29) is 17.7 Å². The number of hydrogen-bond donors (Lipinski definition) is 3. The maximum Gasteiger partial charge on any atom is 0.251 e. The molecule has 0 aromatic heterocycles. The maximum atomic E-state index is 12.1. The van der Waals surface area contributed by atoms with Crippen LogP contribution in [0, 0.1) is 12.8 Å². The number of aryl methyl sites for hydroxylation is 1. The van der Waals surface area contributed by atoms with Gasteiger partial charge in [0, 0.05) is 11.6 Å². The van der Waals surface area contributed by atoms with E-state index in [0.29, 0.717) is 18.0 Å². The van der Waals surface area contributed by atoms with E-state index in [1.807, 2.05) is 0 Å². The van der Waals surface area contributed by atoms with Gasteiger partial charge in [-0.15, -0.1) is 0 Å². The van der Waals surface area contributed by atoms with Crippen LogP contribution in [0.15, 0.2) is 18.2 Å². The number of benzene rings is 1. The van der Waals surface area contributed by atoms with Gasteiger partial charge in [-0.2, -0.15) is 0 Å². The zero-order chi connectivity index (χ0) is 13.1. The lowest BCUT2D eigenvalue weighted by Gasteiger charge is -2.19. The summed E-state index contributed by atoms with van der Waals surface area (Å²) in [7, 11) is 0. The zero-order valence-electron chi connectivity index (χ0n) is 10.6. The summed E-state index contributed by atoms with van der Waals surface area (Å²) in [5.41, 5.74) is 6.96. The minimum atomic E-state index is -0.129. The molecule has 0 aliphatic heterocycles. The van der Waals surface area contributed by atoms with Crippen molar-refractivity contribution in [3.63, 3.8) is 0 Å². The molecule has 0 radical (unpaired) electrons. The lowest BCUT2D eigenvalue weighted by atomic mass is 10.0. The van der Waals surface area contributed by atoms with Crippen LogP contribution >= 0.6 is 0 Å². The van der Waals surface area contributed by atoms with Crippen molar-refractivity contribution in [1.29, 1.82) is 0 Å². The highest BCUT2D eigenvalue weighted by molar-refractivity contribution is 5.94. The van der Waals surface area contributed by atoms with Crippen LogP contribution in [0.1, 0.15) is 35.2 Å². The summed E-state index contributed by atoms with van der Waals surface area (Å²) in [6.45, 7) is 2.42. The molecule has 98 valence electrons. The monoisotopic (exact) mass is 248 g/mol. The van der Waals surface area contributed by atoms with Gasteiger partial charge in [0.1, 0.15) is 5.75 Å². The van der Waals surface area contributed by atoms with Crippen LogP contribution in [0.5, 0.6) is 5.75 Å². The molecule has 1 amide bonds. The second-order valence-corrected chi connectivity index (χ2v) is 5.01. The van der Waals surface area contributed by atoms with Crippen LogP contribution in [0.2, 0.25) is 0 Å². The van der Waals surface area contributed by atoms with Gasteiger partial charge < -0.3 is 16.2 Å². The summed E-state index contributed by atoms with van der Waals surface area (Å²) in [5.74, 6) is 0.410. The average Bonchev–Trinajstić information content (AvgIpc) is 2.79. The fourth-order valence-corrected chi connectivity index (χ4v) is 2.51. The fraction of sp³-hybridized carbons (Fsp3) is 0.500. The predicted molar refractivity (Wildman–Crippen MR) is 70.5 cm³/mol. The third-order valence-corrected chi connectivity index (χ3v) is 3.75. The van der Waals surface area contributed by atoms with Crippen LogP contribution < -0.4 is 11.1 Å². The highest BCUT2D eigenvalue weighted by Crippen LogP contribution is 2.25. The van der Waals surface area contributed by atoms with Gasteiger partial charge in [-0.05, 0) is 49.9 Å². The summed E-state index contributed by atoms with van der Waals surface area (Å²) in [6, 6.07) is 5.17. The quantitative estimate of drug-likeness (QED) is 0.759. The molecule has 1 saturated carbocycles. The molecule has 2 rings (SSSR count). The number of amides is 1. The summed E-state index contributed by atoms with van der Waals surface area (Å²) >= 11 is 0. The largest absolute Gasteiger partial charge is 0.508 e. The van der Waals surface area contributed by atoms with Crippen molar-refractivity contribution in [1.82, 2.24) is 5.32 Å². The van der Waals surface area contributed by atoms with Crippen molar-refractivity contribution in [3.8, 4) is 5.75 Å². The Labute approximate surface area is 107 Å². The van der Waals surface area contributed by atoms with Crippen molar-refractivity contribution in [3.05, 3.63) is 29.3 Å². The topological polar surface area (TPSA) is 75.4 Å². The average molecular weight is 248 g/mol. The van der Waals surface area contributed by atoms with Crippen LogP contribution in [0.25, 0.3) is 0 Å². The maximum absolute atomic E-state index is 12.1. The molecule has 0 heterocycles. The van der Waals surface area contributed by atoms with Gasteiger partial charge in [0.05, 0.1) is 0 Å². The SMILES string of the molecule is Cc1ccc(C(=O)NC2CCCC2CN)cc1O. The summed E-state index contributed by atoms with van der Waals surface area (Å²) < 4.78 is 0. The standard InChI is InChI=1S/C14H20N2O2/c1-9-5-6-10(7-13(9)17)14(18)16-12-4-2-3-11(12)8-15/h5-7,11-12,17H,2-4,8,15H2,1H3,(H,16,18). The first-order valence-electron chi connectivity index (χ1n) is 6.42. The van der Waals surface area contributed by atoms with Gasteiger partial charge in [0.2, 0.25) is 0 Å². The number of nitrogens with two attached hydrogens (primary N) is 1. The molecule has 1 fully saturated rings. The van der Waals surface area contributed by atoms with Crippen molar-refractivity contribution in [2.45, 2.75) is 32.2 Å². The van der Waals surface area contributed by atoms with E-state index in [1.165, 1.54) is 6.07 Å². The molecule has 4 N–H and O–H groups in total. The third kappa shape index (κ3) is 2.64. The number of phenols is 1. The van der Waals surface area contributed by atoms with Gasteiger partial charge in [-0.25, -0.2) is 0 Å². The lowest BCUT2D eigenvalue weighted by Crippen LogP contribution is -2.39. The summed E-state index contributed by atoms with van der Waals surface area (Å²) in [4.78, 5) is 12.1. The minimum absolute atomic E-state index is 0.129. The number of carbonyl (C=O) groups is 1. The molecule has 4 heteroatoms. The molecule has 1 aliphatic rings. The molecule has 0 saturated heterocycles. The highest BCUT2D eigenvalue weighted by Gasteiger charge is 2.27. The highest BCUT2D eigenvalue weighted by atomic mass is 16.3. The van der Waals surface area contributed by atoms with Gasteiger partial charge in [0.15, 0.2) is 0 Å². The van der Waals surface area contributed by atoms with Crippen LogP contribution in [-0.2, 0) is 0 Å². The number of nitrogens with one attached hydrogen (secondary N) is 1. The van der Waals surface area contributed by atoms with Gasteiger partial charge >= 0.3 is 0 Å². The predicted octanol–water partition coefficient (Wildman–Crippen LogP) is 1.56. The van der Waals surface area contributed by atoms with Gasteiger partial charge in [0.25, 0.3) is 5.91 Å². The van der Waals surface area contributed by atoms with Crippen molar-refractivity contribution >= 4 is 5.91 Å². The first-order valence-corrected chi connectivity index (χ1v) is 6.42. The van der Waals surface area contributed by atoms with E-state index in [9.17, 15) is 9.90 Å². The van der Waals surface area contributed by atoms with Crippen molar-refractivity contribution < 1.29 is 9.90 Å². The molecule has 1 aromatic carbocycles. The molecular formula is C14H20N2O2. The zero-order valence-corrected chi connectivity index (χ0v) is 10.6. The van der Waals surface area contributed by atoms with E-state index >= 15 is 0 Å². The normalized spacial score (nSPS) is 23.0. The van der Waals surface area contributed by atoms with E-state index in [1.54, 1.807) is 19.1 Å². The molecule has 1 aliphatic carbocycles. The van der Waals surface area contributed by atoms with Crippen molar-refractivity contribution in [2.75, 3.05) is 6.54 Å². The van der Waals surface area contributed by atoms with Gasteiger partial charge in [-0.3, -0.25) is 4.79 Å². The Hall–Kier alpha value is -1.55. The van der Waals surface area contributed by atoms with E-state index in [4.69, 9.17) is 5.73 Å². The molecular weight excluding hydrogens is 228 g/mol. The Morgan fingerprint density at radius 2 is 2.28 bits per heavy atom. The first-order chi connectivity index (χ1) is 8.61. The minimum Gasteiger partial charge on any atom is -0.508 e. The van der Waals surface area contributed by atoms with Crippen LogP contribution in [0.4, 0.5) is 0 Å². The van der Waals surface area contributed by atoms with E-state index in [2.05, 4.69) is 5.32 Å². The van der Waals surface area contributed by atoms with Crippen LogP contribution in [-0.4, -0.2) is 23.6 Å². The van der Waals surface area contributed by atoms with E-state index in [0.717, 1.165) is 24.8 Å². The number of carbonyl (C=O) groups excluding carboxylic acids is 1. The molecule has 4 nitrogen and oxygen atoms in total. The smallest absolute Gasteiger partial charge is 0.251 e. The fourth-order valence-electron chi connectivity index (χ4n) is 2.51. The Balaban J connectivity index is 2.05. The Kier molecular flexibility index (Phi) is 3.87. The second kappa shape index (κ2) is 5.40. The molecule has 0 bridgehead atoms. The summed E-state index contributed by atoms with van der Waals surface area (Å²) in [5, 5.41) is 12.6. The lowest BCUT2D eigenvalue weighted by molar-refractivity contribution is 0.0928. The molecule has 18 heavy (non-hydrogen) atoms. The summed E-state index contributed by atoms with van der Waals surface area (Å²) in [6.07, 6.45) is 3.19. The molecule has 1 aromatic rings. The molecule has 0 spiro atoms. The number of phenolic OH excluding ortho intramolecular Hbond substituents is 1. The van der Waals surface area contributed by atoms with E-state index < -0.39 is 0 Å². The Morgan fingerprint density at radius 1 is 1.50 bits per heavy atom. The first kappa shape index (κ1) is 12.9. The number of hydrogen-bond acceptors (Lipinski definition) is 3. The molecule has 2 unspecified atom stereocenters. The van der Waals surface area contributed by atoms with Crippen molar-refractivity contribution in [2.24, 2.45) is 11.7 Å². The number of aromatic hydroxyl groups is 1. The van der Waals surface area contributed by atoms with Crippen LogP contribution in [0.3, 0.4) is 0 Å². The third-order valence-electron chi connectivity index (χ3n) is 3.75. The second-order valence-electron chi connectivity index (χ2n) is 5.01. The van der Waals surface area contributed by atoms with Gasteiger partial charge in [-0.1, -0.05) is 12.5 Å². The molecule has 2 atom stereocenters. The Bertz CT molecular complexity index is 445.